The van der Waals surface area contributed by atoms with E-state index in [0.717, 1.165) is 12.7 Å². The van der Waals surface area contributed by atoms with E-state index in [2.05, 4.69) is 4.72 Å². The molecule has 0 aliphatic carbocycles. The van der Waals surface area contributed by atoms with Crippen LogP contribution >= 0.6 is 0 Å². The lowest BCUT2D eigenvalue weighted by molar-refractivity contribution is -0.147. The fraction of sp³-hybridized carbons (Fsp3) is 0.875. The normalized spacial score (nSPS) is 13.6. The molecule has 0 spiro atoms. The Morgan fingerprint density at radius 2 is 2.07 bits per heavy atom. The Balaban J connectivity index is 3.61. The lowest BCUT2D eigenvalue weighted by Crippen LogP contribution is -2.27. The van der Waals surface area contributed by atoms with E-state index < -0.39 is 10.0 Å². The fourth-order valence-corrected chi connectivity index (χ4v) is 1.14. The lowest BCUT2D eigenvalue weighted by atomic mass is 10.1. The number of rotatable bonds is 6. The van der Waals surface area contributed by atoms with Gasteiger partial charge in [0, 0.05) is 6.54 Å². The highest BCUT2D eigenvalue weighted by molar-refractivity contribution is 7.88. The zero-order chi connectivity index (χ0) is 11.2. The minimum Gasteiger partial charge on any atom is -0.464 e. The Morgan fingerprint density at radius 3 is 2.50 bits per heavy atom. The van der Waals surface area contributed by atoms with E-state index in [1.807, 2.05) is 6.92 Å². The van der Waals surface area contributed by atoms with Crippen LogP contribution in [-0.4, -0.2) is 33.8 Å². The van der Waals surface area contributed by atoms with E-state index in [-0.39, 0.29) is 25.0 Å². The quantitative estimate of drug-likeness (QED) is 0.513. The van der Waals surface area contributed by atoms with Crippen LogP contribution in [0.4, 0.5) is 0 Å². The topological polar surface area (TPSA) is 72.5 Å². The summed E-state index contributed by atoms with van der Waals surface area (Å²) in [7, 11) is -3.19. The zero-order valence-corrected chi connectivity index (χ0v) is 9.56. The molecule has 0 aliphatic heterocycles. The summed E-state index contributed by atoms with van der Waals surface area (Å²) in [6.45, 7) is 3.87. The maximum atomic E-state index is 11.1. The summed E-state index contributed by atoms with van der Waals surface area (Å²) < 4.78 is 28.3. The van der Waals surface area contributed by atoms with Gasteiger partial charge in [-0.2, -0.15) is 0 Å². The molecule has 14 heavy (non-hydrogen) atoms. The minimum atomic E-state index is -3.19. The molecule has 0 aromatic rings. The first-order valence-electron chi connectivity index (χ1n) is 4.48. The lowest BCUT2D eigenvalue weighted by Gasteiger charge is -2.08. The molecule has 0 saturated carbocycles. The Labute approximate surface area is 84.9 Å². The molecule has 0 fully saturated rings. The number of sulfonamides is 1. The molecule has 5 nitrogen and oxygen atoms in total. The van der Waals surface area contributed by atoms with E-state index in [1.165, 1.54) is 0 Å². The van der Waals surface area contributed by atoms with Gasteiger partial charge in [-0.1, -0.05) is 13.8 Å². The molecule has 1 N–H and O–H groups in total. The van der Waals surface area contributed by atoms with Gasteiger partial charge in [-0.05, 0) is 6.42 Å². The van der Waals surface area contributed by atoms with Gasteiger partial charge >= 0.3 is 5.97 Å². The Bertz CT molecular complexity index is 273. The summed E-state index contributed by atoms with van der Waals surface area (Å²) in [5, 5.41) is 0. The van der Waals surface area contributed by atoms with Gasteiger partial charge in [-0.3, -0.25) is 4.79 Å². The number of esters is 1. The standard InChI is InChI=1S/C8H17NO4S/c1-4-7(2)8(10)13-6-5-9-14(3,11)12/h7,9H,4-6H2,1-3H3. The van der Waals surface area contributed by atoms with Crippen LogP contribution in [0, 0.1) is 5.92 Å². The molecule has 0 saturated heterocycles. The largest absolute Gasteiger partial charge is 0.464 e. The van der Waals surface area contributed by atoms with Crippen LogP contribution in [0.5, 0.6) is 0 Å². The monoisotopic (exact) mass is 223 g/mol. The highest BCUT2D eigenvalue weighted by Crippen LogP contribution is 2.02. The Hall–Kier alpha value is -0.620. The molecule has 0 rings (SSSR count). The SMILES string of the molecule is CCC(C)C(=O)OCCNS(C)(=O)=O. The smallest absolute Gasteiger partial charge is 0.308 e. The van der Waals surface area contributed by atoms with Crippen LogP contribution in [0.2, 0.25) is 0 Å². The molecule has 0 aliphatic rings. The van der Waals surface area contributed by atoms with Crippen molar-refractivity contribution in [3.05, 3.63) is 0 Å². The van der Waals surface area contributed by atoms with Crippen LogP contribution in [-0.2, 0) is 19.6 Å². The summed E-state index contributed by atoms with van der Waals surface area (Å²) in [5.74, 6) is -0.420. The number of carbonyl (C=O) groups excluding carboxylic acids is 1. The number of carbonyl (C=O) groups is 1. The number of ether oxygens (including phenoxy) is 1. The van der Waals surface area contributed by atoms with Gasteiger partial charge < -0.3 is 4.74 Å². The molecule has 0 bridgehead atoms. The second-order valence-electron chi connectivity index (χ2n) is 3.14. The summed E-state index contributed by atoms with van der Waals surface area (Å²) in [6.07, 6.45) is 1.78. The summed E-state index contributed by atoms with van der Waals surface area (Å²) in [6, 6.07) is 0. The van der Waals surface area contributed by atoms with Crippen LogP contribution in [0.25, 0.3) is 0 Å². The number of nitrogens with one attached hydrogen (secondary N) is 1. The molecular formula is C8H17NO4S. The van der Waals surface area contributed by atoms with Crippen LogP contribution in [0.1, 0.15) is 20.3 Å². The molecule has 0 amide bonds. The van der Waals surface area contributed by atoms with E-state index >= 15 is 0 Å². The van der Waals surface area contributed by atoms with Gasteiger partial charge in [0.25, 0.3) is 0 Å². The first kappa shape index (κ1) is 13.4. The highest BCUT2D eigenvalue weighted by atomic mass is 32.2. The van der Waals surface area contributed by atoms with Gasteiger partial charge in [0.05, 0.1) is 12.2 Å². The Kier molecular flexibility index (Phi) is 5.71. The van der Waals surface area contributed by atoms with Crippen molar-refractivity contribution in [3.8, 4) is 0 Å². The van der Waals surface area contributed by atoms with Crippen LogP contribution in [0.15, 0.2) is 0 Å². The van der Waals surface area contributed by atoms with Crippen molar-refractivity contribution < 1.29 is 17.9 Å². The molecule has 84 valence electrons. The second kappa shape index (κ2) is 5.98. The average molecular weight is 223 g/mol. The molecular weight excluding hydrogens is 206 g/mol. The van der Waals surface area contributed by atoms with Crippen molar-refractivity contribution in [2.75, 3.05) is 19.4 Å². The molecule has 0 aromatic heterocycles. The van der Waals surface area contributed by atoms with E-state index in [4.69, 9.17) is 4.74 Å². The van der Waals surface area contributed by atoms with E-state index in [0.29, 0.717) is 0 Å². The van der Waals surface area contributed by atoms with Crippen LogP contribution < -0.4 is 4.72 Å². The second-order valence-corrected chi connectivity index (χ2v) is 4.98. The third kappa shape index (κ3) is 6.85. The fourth-order valence-electron chi connectivity index (χ4n) is 0.688. The molecule has 0 aromatic carbocycles. The molecule has 0 radical (unpaired) electrons. The Morgan fingerprint density at radius 1 is 1.50 bits per heavy atom. The third-order valence-electron chi connectivity index (χ3n) is 1.73. The first-order valence-corrected chi connectivity index (χ1v) is 6.37. The maximum absolute atomic E-state index is 11.1. The summed E-state index contributed by atoms with van der Waals surface area (Å²) >= 11 is 0. The van der Waals surface area contributed by atoms with Crippen molar-refractivity contribution in [1.82, 2.24) is 4.72 Å². The van der Waals surface area contributed by atoms with Gasteiger partial charge in [-0.15, -0.1) is 0 Å². The predicted octanol–water partition coefficient (Wildman–Crippen LogP) is 0.125. The maximum Gasteiger partial charge on any atom is 0.308 e. The van der Waals surface area contributed by atoms with Crippen molar-refractivity contribution in [3.63, 3.8) is 0 Å². The molecule has 1 unspecified atom stereocenters. The first-order chi connectivity index (χ1) is 6.37. The summed E-state index contributed by atoms with van der Waals surface area (Å²) in [4.78, 5) is 11.1. The number of hydrogen-bond acceptors (Lipinski definition) is 4. The highest BCUT2D eigenvalue weighted by Gasteiger charge is 2.11. The van der Waals surface area contributed by atoms with E-state index in [1.54, 1.807) is 6.92 Å². The number of hydrogen-bond donors (Lipinski definition) is 1. The third-order valence-corrected chi connectivity index (χ3v) is 2.45. The zero-order valence-electron chi connectivity index (χ0n) is 8.74. The van der Waals surface area contributed by atoms with Crippen molar-refractivity contribution >= 4 is 16.0 Å². The molecule has 1 atom stereocenters. The van der Waals surface area contributed by atoms with Crippen molar-refractivity contribution in [1.29, 1.82) is 0 Å². The summed E-state index contributed by atoms with van der Waals surface area (Å²) in [5.41, 5.74) is 0. The average Bonchev–Trinajstić information content (AvgIpc) is 2.09. The van der Waals surface area contributed by atoms with Gasteiger partial charge in [-0.25, -0.2) is 13.1 Å². The van der Waals surface area contributed by atoms with Crippen molar-refractivity contribution in [2.45, 2.75) is 20.3 Å². The van der Waals surface area contributed by atoms with Crippen LogP contribution in [0.3, 0.4) is 0 Å². The van der Waals surface area contributed by atoms with E-state index in [9.17, 15) is 13.2 Å². The predicted molar refractivity (Wildman–Crippen MR) is 53.3 cm³/mol. The molecule has 6 heteroatoms. The van der Waals surface area contributed by atoms with Gasteiger partial charge in [0.15, 0.2) is 0 Å². The van der Waals surface area contributed by atoms with Gasteiger partial charge in [0.1, 0.15) is 6.61 Å². The van der Waals surface area contributed by atoms with Gasteiger partial charge in [0.2, 0.25) is 10.0 Å². The van der Waals surface area contributed by atoms with Crippen molar-refractivity contribution in [2.24, 2.45) is 5.92 Å². The molecule has 0 heterocycles. The minimum absolute atomic E-state index is 0.0796.